The van der Waals surface area contributed by atoms with E-state index in [0.717, 1.165) is 10.0 Å². The lowest BCUT2D eigenvalue weighted by molar-refractivity contribution is -0.121. The average molecular weight is 449 g/mol. The zero-order chi connectivity index (χ0) is 20.3. The molecule has 2 N–H and O–H groups in total. The van der Waals surface area contributed by atoms with Crippen LogP contribution in [0.1, 0.15) is 43.4 Å². The van der Waals surface area contributed by atoms with Gasteiger partial charge in [0.25, 0.3) is 0 Å². The van der Waals surface area contributed by atoms with Gasteiger partial charge in [0.15, 0.2) is 0 Å². The number of carbonyl (C=O) groups is 2. The summed E-state index contributed by atoms with van der Waals surface area (Å²) in [5, 5.41) is 0. The Morgan fingerprint density at radius 3 is 2.64 bits per heavy atom. The molecule has 3 rings (SSSR count). The van der Waals surface area contributed by atoms with Gasteiger partial charge in [-0.2, -0.15) is 0 Å². The van der Waals surface area contributed by atoms with Crippen molar-refractivity contribution < 1.29 is 18.7 Å². The molecule has 0 saturated carbocycles. The zero-order valence-corrected chi connectivity index (χ0v) is 17.1. The largest absolute Gasteiger partial charge is 0.438 e. The number of halogens is 2. The van der Waals surface area contributed by atoms with Crippen LogP contribution in [0.3, 0.4) is 0 Å². The van der Waals surface area contributed by atoms with Gasteiger partial charge in [0.1, 0.15) is 11.4 Å². The van der Waals surface area contributed by atoms with Crippen molar-refractivity contribution in [2.24, 2.45) is 5.73 Å². The SMILES string of the molecule is C[C@@H](c1cccc(Br)c1)N1CC[C@](CCC(N)=O)(c2ccc(F)cc2)OC1=O. The molecule has 0 aromatic heterocycles. The van der Waals surface area contributed by atoms with Gasteiger partial charge < -0.3 is 15.4 Å². The second-order valence-corrected chi connectivity index (χ2v) is 7.93. The Kier molecular flexibility index (Phi) is 6.03. The maximum Gasteiger partial charge on any atom is 0.411 e. The van der Waals surface area contributed by atoms with Gasteiger partial charge in [-0.15, -0.1) is 0 Å². The molecule has 2 atom stereocenters. The predicted molar refractivity (Wildman–Crippen MR) is 107 cm³/mol. The molecular formula is C21H22BrFN2O3. The maximum atomic E-state index is 13.4. The highest BCUT2D eigenvalue weighted by Crippen LogP contribution is 2.40. The monoisotopic (exact) mass is 448 g/mol. The topological polar surface area (TPSA) is 72.6 Å². The standard InChI is InChI=1S/C21H22BrFN2O3/c1-14(15-3-2-4-17(22)13-15)25-12-11-21(28-20(25)27,10-9-19(24)26)16-5-7-18(23)8-6-16/h2-8,13-14H,9-12H2,1H3,(H2,24,26)/t14-,21+/m0/s1. The number of rotatable bonds is 6. The van der Waals surface area contributed by atoms with E-state index in [4.69, 9.17) is 10.5 Å². The molecule has 2 amide bonds. The van der Waals surface area contributed by atoms with Crippen molar-refractivity contribution in [2.45, 2.75) is 37.8 Å². The molecule has 28 heavy (non-hydrogen) atoms. The molecule has 7 heteroatoms. The minimum Gasteiger partial charge on any atom is -0.438 e. The van der Waals surface area contributed by atoms with Crippen LogP contribution in [0.15, 0.2) is 53.0 Å². The van der Waals surface area contributed by atoms with Crippen LogP contribution in [-0.2, 0) is 15.1 Å². The predicted octanol–water partition coefficient (Wildman–Crippen LogP) is 4.65. The first-order chi connectivity index (χ1) is 13.3. The van der Waals surface area contributed by atoms with E-state index >= 15 is 0 Å². The third kappa shape index (κ3) is 4.35. The van der Waals surface area contributed by atoms with E-state index in [2.05, 4.69) is 15.9 Å². The van der Waals surface area contributed by atoms with Crippen molar-refractivity contribution in [2.75, 3.05) is 6.54 Å². The minimum absolute atomic E-state index is 0.0752. The highest BCUT2D eigenvalue weighted by Gasteiger charge is 2.43. The molecule has 0 radical (unpaired) electrons. The lowest BCUT2D eigenvalue weighted by Crippen LogP contribution is -2.49. The molecule has 2 aromatic rings. The van der Waals surface area contributed by atoms with E-state index in [1.165, 1.54) is 12.1 Å². The number of benzene rings is 2. The third-order valence-electron chi connectivity index (χ3n) is 5.22. The Balaban J connectivity index is 1.84. The first kappa shape index (κ1) is 20.3. The summed E-state index contributed by atoms with van der Waals surface area (Å²) in [7, 11) is 0. The van der Waals surface area contributed by atoms with E-state index in [1.807, 2.05) is 31.2 Å². The van der Waals surface area contributed by atoms with Crippen LogP contribution in [-0.4, -0.2) is 23.4 Å². The molecule has 1 heterocycles. The van der Waals surface area contributed by atoms with Gasteiger partial charge in [-0.25, -0.2) is 9.18 Å². The second-order valence-electron chi connectivity index (χ2n) is 7.01. The fourth-order valence-electron chi connectivity index (χ4n) is 3.57. The van der Waals surface area contributed by atoms with Crippen molar-refractivity contribution >= 4 is 27.9 Å². The van der Waals surface area contributed by atoms with E-state index < -0.39 is 17.6 Å². The van der Waals surface area contributed by atoms with Gasteiger partial charge in [0.2, 0.25) is 5.91 Å². The van der Waals surface area contributed by atoms with Gasteiger partial charge in [-0.3, -0.25) is 4.79 Å². The molecule has 0 unspecified atom stereocenters. The van der Waals surface area contributed by atoms with Gasteiger partial charge in [0.05, 0.1) is 6.04 Å². The van der Waals surface area contributed by atoms with Gasteiger partial charge in [0, 0.05) is 30.3 Å². The Morgan fingerprint density at radius 1 is 1.32 bits per heavy atom. The average Bonchev–Trinajstić information content (AvgIpc) is 2.66. The number of hydrogen-bond acceptors (Lipinski definition) is 3. The summed E-state index contributed by atoms with van der Waals surface area (Å²) < 4.78 is 20.2. The van der Waals surface area contributed by atoms with Crippen molar-refractivity contribution in [3.63, 3.8) is 0 Å². The molecule has 0 spiro atoms. The summed E-state index contributed by atoms with van der Waals surface area (Å²) in [5.74, 6) is -0.844. The molecular weight excluding hydrogens is 427 g/mol. The molecule has 0 bridgehead atoms. The molecule has 1 aliphatic rings. The van der Waals surface area contributed by atoms with Crippen molar-refractivity contribution in [3.05, 3.63) is 69.9 Å². The number of nitrogens with zero attached hydrogens (tertiary/aromatic N) is 1. The second kappa shape index (κ2) is 8.31. The van der Waals surface area contributed by atoms with Gasteiger partial charge in [-0.1, -0.05) is 40.2 Å². The van der Waals surface area contributed by atoms with Crippen LogP contribution < -0.4 is 5.73 Å². The molecule has 1 fully saturated rings. The fourth-order valence-corrected chi connectivity index (χ4v) is 3.99. The first-order valence-corrected chi connectivity index (χ1v) is 9.89. The summed E-state index contributed by atoms with van der Waals surface area (Å²) in [4.78, 5) is 25.9. The number of ether oxygens (including phenoxy) is 1. The number of amides is 2. The number of hydrogen-bond donors (Lipinski definition) is 1. The number of nitrogens with two attached hydrogens (primary N) is 1. The Morgan fingerprint density at radius 2 is 2.04 bits per heavy atom. The van der Waals surface area contributed by atoms with Crippen LogP contribution in [0.4, 0.5) is 9.18 Å². The molecule has 1 aliphatic heterocycles. The van der Waals surface area contributed by atoms with Crippen molar-refractivity contribution in [1.82, 2.24) is 4.90 Å². The van der Waals surface area contributed by atoms with Crippen LogP contribution in [0.5, 0.6) is 0 Å². The highest BCUT2D eigenvalue weighted by molar-refractivity contribution is 9.10. The minimum atomic E-state index is -0.993. The Bertz CT molecular complexity index is 874. The Labute approximate surface area is 171 Å². The van der Waals surface area contributed by atoms with Crippen LogP contribution >= 0.6 is 15.9 Å². The number of primary amides is 1. The zero-order valence-electron chi connectivity index (χ0n) is 15.5. The maximum absolute atomic E-state index is 13.4. The summed E-state index contributed by atoms with van der Waals surface area (Å²) in [5.41, 5.74) is 5.97. The van der Waals surface area contributed by atoms with Crippen molar-refractivity contribution in [3.8, 4) is 0 Å². The normalized spacial score (nSPS) is 20.5. The first-order valence-electron chi connectivity index (χ1n) is 9.10. The number of cyclic esters (lactones) is 1. The lowest BCUT2D eigenvalue weighted by atomic mass is 9.84. The fraction of sp³-hybridized carbons (Fsp3) is 0.333. The van der Waals surface area contributed by atoms with Crippen molar-refractivity contribution in [1.29, 1.82) is 0 Å². The van der Waals surface area contributed by atoms with Crippen LogP contribution in [0.25, 0.3) is 0 Å². The summed E-state index contributed by atoms with van der Waals surface area (Å²) in [6.45, 7) is 2.39. The van der Waals surface area contributed by atoms with E-state index in [9.17, 15) is 14.0 Å². The molecule has 2 aromatic carbocycles. The highest BCUT2D eigenvalue weighted by atomic mass is 79.9. The molecule has 1 saturated heterocycles. The van der Waals surface area contributed by atoms with Gasteiger partial charge in [-0.05, 0) is 42.3 Å². The Hall–Kier alpha value is -2.41. The smallest absolute Gasteiger partial charge is 0.411 e. The molecule has 148 valence electrons. The third-order valence-corrected chi connectivity index (χ3v) is 5.71. The van der Waals surface area contributed by atoms with E-state index in [-0.39, 0.29) is 24.7 Å². The summed E-state index contributed by atoms with van der Waals surface area (Å²) in [6, 6.07) is 13.4. The summed E-state index contributed by atoms with van der Waals surface area (Å²) in [6.07, 6.45) is 0.355. The summed E-state index contributed by atoms with van der Waals surface area (Å²) >= 11 is 3.45. The number of carbonyl (C=O) groups excluding carboxylic acids is 2. The quantitative estimate of drug-likeness (QED) is 0.698. The van der Waals surface area contributed by atoms with E-state index in [0.29, 0.717) is 18.5 Å². The van der Waals surface area contributed by atoms with Gasteiger partial charge >= 0.3 is 6.09 Å². The van der Waals surface area contributed by atoms with Crippen LogP contribution in [0, 0.1) is 5.82 Å². The van der Waals surface area contributed by atoms with Crippen LogP contribution in [0.2, 0.25) is 0 Å². The van der Waals surface area contributed by atoms with E-state index in [1.54, 1.807) is 17.0 Å². The molecule has 5 nitrogen and oxygen atoms in total. The lowest BCUT2D eigenvalue weighted by Gasteiger charge is -2.43. The molecule has 0 aliphatic carbocycles.